The van der Waals surface area contributed by atoms with Crippen molar-refractivity contribution in [2.45, 2.75) is 37.8 Å². The zero-order valence-electron chi connectivity index (χ0n) is 19.0. The average molecular weight is 509 g/mol. The van der Waals surface area contributed by atoms with Crippen molar-refractivity contribution in [2.24, 2.45) is 0 Å². The Morgan fingerprint density at radius 3 is 2.14 bits per heavy atom. The summed E-state index contributed by atoms with van der Waals surface area (Å²) in [6, 6.07) is 18.4. The van der Waals surface area contributed by atoms with Gasteiger partial charge in [-0.25, -0.2) is 0 Å². The quantitative estimate of drug-likeness (QED) is 0.319. The predicted molar refractivity (Wildman–Crippen MR) is 141 cm³/mol. The molecule has 1 fully saturated rings. The molecule has 2 amide bonds. The lowest BCUT2D eigenvalue weighted by molar-refractivity contribution is 0.0860. The Balaban J connectivity index is 0.00000289. The van der Waals surface area contributed by atoms with Crippen LogP contribution in [-0.4, -0.2) is 33.9 Å². The number of halogens is 2. The second-order valence-electron chi connectivity index (χ2n) is 8.67. The van der Waals surface area contributed by atoms with Gasteiger partial charge in [0.05, 0.1) is 0 Å². The molecule has 6 nitrogen and oxygen atoms in total. The minimum atomic E-state index is -0.180. The van der Waals surface area contributed by atoms with Crippen LogP contribution in [0.2, 0.25) is 5.02 Å². The van der Waals surface area contributed by atoms with Crippen molar-refractivity contribution in [2.75, 3.05) is 0 Å². The molecule has 2 atom stereocenters. The van der Waals surface area contributed by atoms with Crippen LogP contribution in [0.25, 0.3) is 22.0 Å². The van der Waals surface area contributed by atoms with Gasteiger partial charge in [-0.05, 0) is 72.5 Å². The van der Waals surface area contributed by atoms with Gasteiger partial charge in [0, 0.05) is 46.0 Å². The Labute approximate surface area is 214 Å². The van der Waals surface area contributed by atoms with Crippen LogP contribution in [0.4, 0.5) is 0 Å². The number of carbonyl (C=O) groups is 2. The fourth-order valence-corrected chi connectivity index (χ4v) is 4.74. The monoisotopic (exact) mass is 508 g/mol. The van der Waals surface area contributed by atoms with E-state index in [4.69, 9.17) is 11.6 Å². The van der Waals surface area contributed by atoms with Crippen LogP contribution in [0.5, 0.6) is 0 Å². The van der Waals surface area contributed by atoms with Crippen LogP contribution in [0.1, 0.15) is 46.5 Å². The van der Waals surface area contributed by atoms with Crippen molar-refractivity contribution in [3.05, 3.63) is 89.3 Å². The second kappa shape index (κ2) is 10.9. The summed E-state index contributed by atoms with van der Waals surface area (Å²) in [6.45, 7) is 0. The van der Waals surface area contributed by atoms with Gasteiger partial charge in [0.2, 0.25) is 0 Å². The number of hydrogen-bond donors (Lipinski definition) is 3. The van der Waals surface area contributed by atoms with Gasteiger partial charge >= 0.3 is 0 Å². The molecule has 2 aromatic heterocycles. The summed E-state index contributed by atoms with van der Waals surface area (Å²) < 4.78 is 0. The summed E-state index contributed by atoms with van der Waals surface area (Å²) in [5, 5.41) is 7.79. The summed E-state index contributed by atoms with van der Waals surface area (Å²) in [7, 11) is 0. The molecule has 2 heterocycles. The van der Waals surface area contributed by atoms with Crippen molar-refractivity contribution in [1.82, 2.24) is 20.6 Å². The summed E-state index contributed by atoms with van der Waals surface area (Å²) >= 11 is 6.06. The number of carbonyl (C=O) groups excluding carboxylic acids is 2. The third kappa shape index (κ3) is 5.66. The predicted octanol–water partition coefficient (Wildman–Crippen LogP) is 5.78. The lowest BCUT2D eigenvalue weighted by atomic mass is 9.90. The fourth-order valence-electron chi connectivity index (χ4n) is 4.56. The van der Waals surface area contributed by atoms with E-state index in [9.17, 15) is 9.59 Å². The Morgan fingerprint density at radius 1 is 0.829 bits per heavy atom. The third-order valence-corrected chi connectivity index (χ3v) is 6.62. The number of hydrogen-bond acceptors (Lipinski definition) is 3. The van der Waals surface area contributed by atoms with Crippen LogP contribution in [0, 0.1) is 0 Å². The Hall–Kier alpha value is -3.35. The number of nitrogens with one attached hydrogen (secondary N) is 3. The lowest BCUT2D eigenvalue weighted by Gasteiger charge is -2.32. The fraction of sp³-hybridized carbons (Fsp3) is 0.222. The summed E-state index contributed by atoms with van der Waals surface area (Å²) in [5.41, 5.74) is 4.02. The first-order valence-corrected chi connectivity index (χ1v) is 11.8. The van der Waals surface area contributed by atoms with Crippen LogP contribution in [0.3, 0.4) is 0 Å². The van der Waals surface area contributed by atoms with Crippen LogP contribution < -0.4 is 10.6 Å². The van der Waals surface area contributed by atoms with E-state index in [1.807, 2.05) is 48.5 Å². The minimum Gasteiger partial charge on any atom is -0.351 e. The highest BCUT2D eigenvalue weighted by molar-refractivity contribution is 6.31. The standard InChI is InChI=1S/C27H25ClN4O2.ClH/c28-21-9-10-22-20(15-21)16-25(30-22)27(34)32-24-4-2-1-3-23(24)31-26(33)19-7-5-17(6-8-19)18-11-13-29-14-12-18;/h5-16,23-24,30H,1-4H2,(H,31,33)(H,32,34);1H/t23-,24+;/m0./s1. The molecule has 0 radical (unpaired) electrons. The number of amides is 2. The van der Waals surface area contributed by atoms with E-state index < -0.39 is 0 Å². The molecule has 2 aromatic carbocycles. The molecule has 0 bridgehead atoms. The summed E-state index contributed by atoms with van der Waals surface area (Å²) in [5.74, 6) is -0.312. The van der Waals surface area contributed by atoms with E-state index in [2.05, 4.69) is 20.6 Å². The number of fused-ring (bicyclic) bond motifs is 1. The maximum absolute atomic E-state index is 13.0. The van der Waals surface area contributed by atoms with Gasteiger partial charge in [0.15, 0.2) is 0 Å². The molecule has 4 aromatic rings. The van der Waals surface area contributed by atoms with Gasteiger partial charge in [-0.2, -0.15) is 0 Å². The number of nitrogens with zero attached hydrogens (tertiary/aromatic N) is 1. The molecule has 1 saturated carbocycles. The van der Waals surface area contributed by atoms with Gasteiger partial charge in [-0.3, -0.25) is 14.6 Å². The van der Waals surface area contributed by atoms with Crippen molar-refractivity contribution in [1.29, 1.82) is 0 Å². The molecule has 35 heavy (non-hydrogen) atoms. The number of aromatic nitrogens is 2. The summed E-state index contributed by atoms with van der Waals surface area (Å²) in [6.07, 6.45) is 7.18. The first-order chi connectivity index (χ1) is 16.6. The molecule has 0 unspecified atom stereocenters. The maximum Gasteiger partial charge on any atom is 0.268 e. The van der Waals surface area contributed by atoms with Crippen molar-refractivity contribution >= 4 is 46.7 Å². The molecule has 1 aliphatic rings. The van der Waals surface area contributed by atoms with Crippen molar-refractivity contribution < 1.29 is 9.59 Å². The Bertz CT molecular complexity index is 1320. The molecule has 8 heteroatoms. The molecule has 0 spiro atoms. The van der Waals surface area contributed by atoms with Gasteiger partial charge in [0.1, 0.15) is 5.69 Å². The highest BCUT2D eigenvalue weighted by atomic mass is 35.5. The van der Waals surface area contributed by atoms with E-state index in [1.165, 1.54) is 0 Å². The highest BCUT2D eigenvalue weighted by Crippen LogP contribution is 2.23. The number of benzene rings is 2. The highest BCUT2D eigenvalue weighted by Gasteiger charge is 2.28. The molecule has 180 valence electrons. The lowest BCUT2D eigenvalue weighted by Crippen LogP contribution is -2.53. The summed E-state index contributed by atoms with van der Waals surface area (Å²) in [4.78, 5) is 33.1. The van der Waals surface area contributed by atoms with Gasteiger partial charge in [0.25, 0.3) is 11.8 Å². The third-order valence-electron chi connectivity index (χ3n) is 6.39. The topological polar surface area (TPSA) is 86.9 Å². The molecule has 3 N–H and O–H groups in total. The smallest absolute Gasteiger partial charge is 0.268 e. The molecule has 1 aliphatic carbocycles. The molecular formula is C27H26Cl2N4O2. The van der Waals surface area contributed by atoms with Crippen LogP contribution >= 0.6 is 24.0 Å². The van der Waals surface area contributed by atoms with E-state index in [0.29, 0.717) is 16.3 Å². The Morgan fingerprint density at radius 2 is 1.46 bits per heavy atom. The minimum absolute atomic E-state index is 0. The van der Waals surface area contributed by atoms with Crippen LogP contribution in [0.15, 0.2) is 73.1 Å². The maximum atomic E-state index is 13.0. The molecule has 0 aliphatic heterocycles. The van der Waals surface area contributed by atoms with E-state index >= 15 is 0 Å². The number of rotatable bonds is 5. The van der Waals surface area contributed by atoms with E-state index in [0.717, 1.165) is 47.7 Å². The van der Waals surface area contributed by atoms with Crippen LogP contribution in [-0.2, 0) is 0 Å². The van der Waals surface area contributed by atoms with Crippen molar-refractivity contribution in [3.63, 3.8) is 0 Å². The zero-order valence-corrected chi connectivity index (χ0v) is 20.5. The largest absolute Gasteiger partial charge is 0.351 e. The van der Waals surface area contributed by atoms with Crippen molar-refractivity contribution in [3.8, 4) is 11.1 Å². The molecular weight excluding hydrogens is 483 g/mol. The number of pyridine rings is 1. The molecule has 5 rings (SSSR count). The zero-order chi connectivity index (χ0) is 23.5. The molecule has 0 saturated heterocycles. The van der Waals surface area contributed by atoms with Gasteiger partial charge in [-0.1, -0.05) is 36.6 Å². The van der Waals surface area contributed by atoms with Gasteiger partial charge < -0.3 is 15.6 Å². The second-order valence-corrected chi connectivity index (χ2v) is 9.11. The van der Waals surface area contributed by atoms with E-state index in [-0.39, 0.29) is 36.3 Å². The van der Waals surface area contributed by atoms with Gasteiger partial charge in [-0.15, -0.1) is 12.4 Å². The van der Waals surface area contributed by atoms with E-state index in [1.54, 1.807) is 24.5 Å². The first-order valence-electron chi connectivity index (χ1n) is 11.5. The first kappa shape index (κ1) is 24.8. The number of aromatic amines is 1. The SMILES string of the molecule is Cl.O=C(N[C@H]1CCCC[C@H]1NC(=O)c1cc2cc(Cl)ccc2[nH]1)c1ccc(-c2ccncc2)cc1. The average Bonchev–Trinajstić information content (AvgIpc) is 3.29. The Kier molecular flexibility index (Phi) is 7.73. The normalized spacial score (nSPS) is 17.4. The number of H-pyrrole nitrogens is 1.